The van der Waals surface area contributed by atoms with Gasteiger partial charge in [-0.05, 0) is 38.4 Å². The van der Waals surface area contributed by atoms with Crippen molar-refractivity contribution in [2.75, 3.05) is 19.6 Å². The van der Waals surface area contributed by atoms with Gasteiger partial charge in [-0.1, -0.05) is 24.6 Å². The highest BCUT2D eigenvalue weighted by atomic mass is 16.3. The predicted molar refractivity (Wildman–Crippen MR) is 82.6 cm³/mol. The number of rotatable bonds is 2. The van der Waals surface area contributed by atoms with Crippen LogP contribution in [0.5, 0.6) is 0 Å². The number of carbonyl (C=O) groups is 1. The van der Waals surface area contributed by atoms with Crippen molar-refractivity contribution in [2.24, 2.45) is 5.92 Å². The molecule has 0 amide bonds. The van der Waals surface area contributed by atoms with Crippen LogP contribution in [0.4, 0.5) is 0 Å². The maximum absolute atomic E-state index is 12.9. The fraction of sp³-hybridized carbons (Fsp3) is 0.500. The third kappa shape index (κ3) is 2.30. The number of benzene rings is 1. The van der Waals surface area contributed by atoms with Crippen LogP contribution >= 0.6 is 0 Å². The zero-order valence-corrected chi connectivity index (χ0v) is 12.3. The number of likely N-dealkylation sites (tertiary alicyclic amines) is 1. The van der Waals surface area contributed by atoms with Gasteiger partial charge in [-0.25, -0.2) is 0 Å². The normalized spacial score (nSPS) is 23.4. The first-order valence-electron chi connectivity index (χ1n) is 8.10. The SMILES string of the molecule is O=C1c2c(oc3ccccc23)CCC1CN1CCCCC1. The van der Waals surface area contributed by atoms with Crippen molar-refractivity contribution in [2.45, 2.75) is 32.1 Å². The maximum Gasteiger partial charge on any atom is 0.171 e. The van der Waals surface area contributed by atoms with E-state index in [4.69, 9.17) is 4.42 Å². The van der Waals surface area contributed by atoms with Gasteiger partial charge in [-0.15, -0.1) is 0 Å². The summed E-state index contributed by atoms with van der Waals surface area (Å²) in [6, 6.07) is 7.92. The van der Waals surface area contributed by atoms with Crippen molar-refractivity contribution in [3.63, 3.8) is 0 Å². The molecule has 21 heavy (non-hydrogen) atoms. The van der Waals surface area contributed by atoms with Gasteiger partial charge in [0, 0.05) is 24.3 Å². The first-order valence-corrected chi connectivity index (χ1v) is 8.10. The molecule has 1 aliphatic heterocycles. The van der Waals surface area contributed by atoms with E-state index in [1.165, 1.54) is 19.3 Å². The van der Waals surface area contributed by atoms with E-state index in [0.29, 0.717) is 5.78 Å². The van der Waals surface area contributed by atoms with E-state index in [1.807, 2.05) is 24.3 Å². The molecule has 2 aliphatic rings. The monoisotopic (exact) mass is 283 g/mol. The molecule has 1 aromatic carbocycles. The molecule has 0 radical (unpaired) electrons. The molecular weight excluding hydrogens is 262 g/mol. The summed E-state index contributed by atoms with van der Waals surface area (Å²) in [6.07, 6.45) is 5.73. The number of piperidine rings is 1. The lowest BCUT2D eigenvalue weighted by Gasteiger charge is -2.31. The van der Waals surface area contributed by atoms with Crippen molar-refractivity contribution in [1.29, 1.82) is 0 Å². The van der Waals surface area contributed by atoms with Crippen LogP contribution in [-0.4, -0.2) is 30.3 Å². The van der Waals surface area contributed by atoms with Crippen molar-refractivity contribution < 1.29 is 9.21 Å². The second-order valence-corrected chi connectivity index (χ2v) is 6.36. The van der Waals surface area contributed by atoms with Gasteiger partial charge in [-0.2, -0.15) is 0 Å². The Bertz CT molecular complexity index is 667. The second kappa shape index (κ2) is 5.30. The second-order valence-electron chi connectivity index (χ2n) is 6.36. The van der Waals surface area contributed by atoms with Gasteiger partial charge in [0.2, 0.25) is 0 Å². The molecule has 1 fully saturated rings. The van der Waals surface area contributed by atoms with Crippen LogP contribution in [0, 0.1) is 5.92 Å². The molecule has 0 bridgehead atoms. The fourth-order valence-electron chi connectivity index (χ4n) is 3.81. The number of fused-ring (bicyclic) bond motifs is 3. The number of aryl methyl sites for hydroxylation is 1. The van der Waals surface area contributed by atoms with Gasteiger partial charge in [0.1, 0.15) is 11.3 Å². The summed E-state index contributed by atoms with van der Waals surface area (Å²) >= 11 is 0. The summed E-state index contributed by atoms with van der Waals surface area (Å²) in [7, 11) is 0. The first-order chi connectivity index (χ1) is 10.3. The molecule has 1 aliphatic carbocycles. The largest absolute Gasteiger partial charge is 0.460 e. The van der Waals surface area contributed by atoms with E-state index in [9.17, 15) is 4.79 Å². The standard InChI is InChI=1S/C18H21NO2/c20-18-13(12-19-10-4-1-5-11-19)8-9-16-17(18)14-6-2-3-7-15(14)21-16/h2-3,6-7,13H,1,4-5,8-12H2. The van der Waals surface area contributed by atoms with Gasteiger partial charge < -0.3 is 9.32 Å². The molecule has 0 N–H and O–H groups in total. The number of nitrogens with zero attached hydrogens (tertiary/aromatic N) is 1. The van der Waals surface area contributed by atoms with Crippen LogP contribution in [0.25, 0.3) is 11.0 Å². The van der Waals surface area contributed by atoms with E-state index in [-0.39, 0.29) is 5.92 Å². The summed E-state index contributed by atoms with van der Waals surface area (Å²) in [4.78, 5) is 15.4. The molecule has 1 saturated heterocycles. The molecule has 0 saturated carbocycles. The topological polar surface area (TPSA) is 33.5 Å². The summed E-state index contributed by atoms with van der Waals surface area (Å²) < 4.78 is 5.86. The summed E-state index contributed by atoms with van der Waals surface area (Å²) in [5, 5.41) is 1.00. The third-order valence-corrected chi connectivity index (χ3v) is 4.93. The Morgan fingerprint density at radius 1 is 1.14 bits per heavy atom. The highest BCUT2D eigenvalue weighted by Crippen LogP contribution is 2.34. The van der Waals surface area contributed by atoms with E-state index < -0.39 is 0 Å². The zero-order chi connectivity index (χ0) is 14.2. The maximum atomic E-state index is 12.9. The number of hydrogen-bond acceptors (Lipinski definition) is 3. The van der Waals surface area contributed by atoms with Crippen LogP contribution in [-0.2, 0) is 6.42 Å². The fourth-order valence-corrected chi connectivity index (χ4v) is 3.81. The predicted octanol–water partition coefficient (Wildman–Crippen LogP) is 3.66. The van der Waals surface area contributed by atoms with Crippen LogP contribution in [0.2, 0.25) is 0 Å². The molecule has 1 aromatic heterocycles. The minimum absolute atomic E-state index is 0.150. The van der Waals surface area contributed by atoms with Gasteiger partial charge in [0.05, 0.1) is 5.56 Å². The Morgan fingerprint density at radius 3 is 2.81 bits per heavy atom. The molecule has 4 rings (SSSR count). The summed E-state index contributed by atoms with van der Waals surface area (Å²) in [6.45, 7) is 3.24. The number of para-hydroxylation sites is 1. The van der Waals surface area contributed by atoms with Gasteiger partial charge >= 0.3 is 0 Å². The Balaban J connectivity index is 1.61. The van der Waals surface area contributed by atoms with Crippen LogP contribution < -0.4 is 0 Å². The highest BCUT2D eigenvalue weighted by molar-refractivity contribution is 6.10. The Labute approximate surface area is 124 Å². The van der Waals surface area contributed by atoms with Crippen molar-refractivity contribution in [3.8, 4) is 0 Å². The highest BCUT2D eigenvalue weighted by Gasteiger charge is 2.33. The van der Waals surface area contributed by atoms with Gasteiger partial charge in [0.25, 0.3) is 0 Å². The number of carbonyl (C=O) groups excluding carboxylic acids is 1. The van der Waals surface area contributed by atoms with Crippen LogP contribution in [0.15, 0.2) is 28.7 Å². The molecule has 0 spiro atoms. The van der Waals surface area contributed by atoms with Crippen LogP contribution in [0.3, 0.4) is 0 Å². The number of ketones is 1. The molecule has 3 heteroatoms. The van der Waals surface area contributed by atoms with Crippen molar-refractivity contribution >= 4 is 16.8 Å². The van der Waals surface area contributed by atoms with Gasteiger partial charge in [0.15, 0.2) is 5.78 Å². The molecule has 1 unspecified atom stereocenters. The molecule has 2 aromatic rings. The molecule has 3 nitrogen and oxygen atoms in total. The average molecular weight is 283 g/mol. The Kier molecular flexibility index (Phi) is 3.30. The molecule has 2 heterocycles. The average Bonchev–Trinajstić information content (AvgIpc) is 2.90. The number of Topliss-reactive ketones (excluding diaryl/α,β-unsaturated/α-hetero) is 1. The molecule has 110 valence electrons. The van der Waals surface area contributed by atoms with Gasteiger partial charge in [-0.3, -0.25) is 4.79 Å². The number of hydrogen-bond donors (Lipinski definition) is 0. The zero-order valence-electron chi connectivity index (χ0n) is 12.3. The van der Waals surface area contributed by atoms with E-state index in [1.54, 1.807) is 0 Å². The van der Waals surface area contributed by atoms with Crippen molar-refractivity contribution in [3.05, 3.63) is 35.6 Å². The van der Waals surface area contributed by atoms with E-state index in [0.717, 1.165) is 54.8 Å². The molecular formula is C18H21NO2. The number of furan rings is 1. The quantitative estimate of drug-likeness (QED) is 0.843. The summed E-state index contributed by atoms with van der Waals surface area (Å²) in [5.41, 5.74) is 1.72. The third-order valence-electron chi connectivity index (χ3n) is 4.93. The van der Waals surface area contributed by atoms with Crippen LogP contribution in [0.1, 0.15) is 41.8 Å². The van der Waals surface area contributed by atoms with Crippen molar-refractivity contribution in [1.82, 2.24) is 4.90 Å². The van der Waals surface area contributed by atoms with E-state index in [2.05, 4.69) is 4.90 Å². The molecule has 1 atom stereocenters. The summed E-state index contributed by atoms with van der Waals surface area (Å²) in [5.74, 6) is 1.35. The van der Waals surface area contributed by atoms with E-state index >= 15 is 0 Å². The lowest BCUT2D eigenvalue weighted by Crippen LogP contribution is -2.38. The minimum atomic E-state index is 0.150. The lowest BCUT2D eigenvalue weighted by atomic mass is 9.84. The smallest absolute Gasteiger partial charge is 0.171 e. The first kappa shape index (κ1) is 13.1. The lowest BCUT2D eigenvalue weighted by molar-refractivity contribution is 0.0842. The minimum Gasteiger partial charge on any atom is -0.460 e. The Hall–Kier alpha value is -1.61. The Morgan fingerprint density at radius 2 is 1.95 bits per heavy atom.